The Kier molecular flexibility index (Phi) is 4.88. The molecule has 0 amide bonds. The molecule has 1 aliphatic carbocycles. The average molecular weight is 250 g/mol. The summed E-state index contributed by atoms with van der Waals surface area (Å²) in [5.74, 6) is 0. The van der Waals surface area contributed by atoms with E-state index in [1.807, 2.05) is 6.92 Å². The Balaban J connectivity index is 2.80. The van der Waals surface area contributed by atoms with Crippen LogP contribution in [0.5, 0.6) is 0 Å². The van der Waals surface area contributed by atoms with Crippen molar-refractivity contribution in [2.75, 3.05) is 0 Å². The van der Waals surface area contributed by atoms with Gasteiger partial charge in [0.15, 0.2) is 0 Å². The quantitative estimate of drug-likeness (QED) is 0.325. The zero-order chi connectivity index (χ0) is 13.2. The number of hydrogen-bond donors (Lipinski definition) is 6. The summed E-state index contributed by atoms with van der Waals surface area (Å²) in [5, 5.41) is 58.0. The Bertz CT molecular complexity index is 230. The molecule has 102 valence electrons. The minimum Gasteiger partial charge on any atom is -0.387 e. The van der Waals surface area contributed by atoms with Gasteiger partial charge in [-0.05, 0) is 6.42 Å². The van der Waals surface area contributed by atoms with Gasteiger partial charge in [-0.3, -0.25) is 0 Å². The highest BCUT2D eigenvalue weighted by Gasteiger charge is 2.56. The van der Waals surface area contributed by atoms with E-state index in [0.717, 1.165) is 12.8 Å². The third-order valence-corrected chi connectivity index (χ3v) is 3.55. The van der Waals surface area contributed by atoms with Crippen LogP contribution in [0.3, 0.4) is 0 Å². The second-order valence-electron chi connectivity index (χ2n) is 4.81. The molecule has 1 fully saturated rings. The molecule has 17 heavy (non-hydrogen) atoms. The lowest BCUT2D eigenvalue weighted by Gasteiger charge is -2.47. The maximum absolute atomic E-state index is 10.2. The van der Waals surface area contributed by atoms with E-state index in [2.05, 4.69) is 0 Å². The summed E-state index contributed by atoms with van der Waals surface area (Å²) in [7, 11) is 0. The highest BCUT2D eigenvalue weighted by molar-refractivity contribution is 5.08. The molecule has 6 atom stereocenters. The van der Waals surface area contributed by atoms with E-state index >= 15 is 0 Å². The van der Waals surface area contributed by atoms with Crippen LogP contribution in [0.4, 0.5) is 0 Å². The Morgan fingerprint density at radius 2 is 1.29 bits per heavy atom. The molecule has 0 aromatic rings. The minimum absolute atomic E-state index is 0.0595. The number of unbranched alkanes of at least 4 members (excludes halogenated alkanes) is 2. The van der Waals surface area contributed by atoms with Gasteiger partial charge in [0.05, 0.1) is 0 Å². The molecule has 0 bridgehead atoms. The first-order chi connectivity index (χ1) is 7.86. The number of aliphatic hydroxyl groups excluding tert-OH is 5. The van der Waals surface area contributed by atoms with Gasteiger partial charge in [0.1, 0.15) is 36.1 Å². The zero-order valence-electron chi connectivity index (χ0n) is 9.90. The molecular weight excluding hydrogens is 228 g/mol. The van der Waals surface area contributed by atoms with Crippen molar-refractivity contribution in [1.82, 2.24) is 0 Å². The van der Waals surface area contributed by atoms with E-state index in [9.17, 15) is 30.6 Å². The maximum atomic E-state index is 10.2. The first-order valence-electron chi connectivity index (χ1n) is 5.99. The van der Waals surface area contributed by atoms with Gasteiger partial charge in [-0.15, -0.1) is 0 Å². The monoisotopic (exact) mass is 250 g/mol. The Labute approximate surface area is 100 Å². The lowest BCUT2D eigenvalue weighted by molar-refractivity contribution is -0.270. The molecule has 0 aromatic carbocycles. The first-order valence-corrected chi connectivity index (χ1v) is 5.99. The van der Waals surface area contributed by atoms with Crippen molar-refractivity contribution >= 4 is 0 Å². The Morgan fingerprint density at radius 3 is 1.71 bits per heavy atom. The summed E-state index contributed by atoms with van der Waals surface area (Å²) >= 11 is 0. The molecule has 0 heterocycles. The van der Waals surface area contributed by atoms with Crippen LogP contribution >= 0.6 is 0 Å². The van der Waals surface area contributed by atoms with Gasteiger partial charge >= 0.3 is 0 Å². The van der Waals surface area contributed by atoms with Crippen molar-refractivity contribution in [2.24, 2.45) is 0 Å². The predicted molar refractivity (Wildman–Crippen MR) is 59.1 cm³/mol. The van der Waals surface area contributed by atoms with Gasteiger partial charge in [0, 0.05) is 0 Å². The van der Waals surface area contributed by atoms with Crippen LogP contribution in [0, 0.1) is 0 Å². The Hall–Kier alpha value is -0.240. The summed E-state index contributed by atoms with van der Waals surface area (Å²) in [6, 6.07) is 0. The summed E-state index contributed by atoms with van der Waals surface area (Å²) in [6.45, 7) is 1.96. The topological polar surface area (TPSA) is 121 Å². The summed E-state index contributed by atoms with van der Waals surface area (Å²) in [6.07, 6.45) is -6.03. The molecule has 1 rings (SSSR count). The van der Waals surface area contributed by atoms with Crippen LogP contribution in [0.25, 0.3) is 0 Å². The van der Waals surface area contributed by atoms with Crippen LogP contribution in [0.1, 0.15) is 32.6 Å². The third-order valence-electron chi connectivity index (χ3n) is 3.55. The van der Waals surface area contributed by atoms with Gasteiger partial charge in [-0.1, -0.05) is 26.2 Å². The predicted octanol–water partition coefficient (Wildman–Crippen LogP) is -1.88. The highest BCUT2D eigenvalue weighted by atomic mass is 16.4. The molecule has 0 aromatic heterocycles. The zero-order valence-corrected chi connectivity index (χ0v) is 9.90. The molecule has 0 radical (unpaired) electrons. The van der Waals surface area contributed by atoms with Gasteiger partial charge < -0.3 is 30.6 Å². The van der Waals surface area contributed by atoms with E-state index in [-0.39, 0.29) is 6.42 Å². The van der Waals surface area contributed by atoms with Crippen LogP contribution in [-0.4, -0.2) is 66.8 Å². The second kappa shape index (κ2) is 5.60. The fourth-order valence-corrected chi connectivity index (χ4v) is 2.30. The van der Waals surface area contributed by atoms with E-state index in [1.165, 1.54) is 0 Å². The smallest absolute Gasteiger partial charge is 0.121 e. The van der Waals surface area contributed by atoms with Gasteiger partial charge in [-0.2, -0.15) is 0 Å². The van der Waals surface area contributed by atoms with Gasteiger partial charge in [-0.25, -0.2) is 0 Å². The molecule has 6 nitrogen and oxygen atoms in total. The molecule has 0 spiro atoms. The van der Waals surface area contributed by atoms with E-state index in [4.69, 9.17) is 0 Å². The second-order valence-corrected chi connectivity index (χ2v) is 4.81. The van der Waals surface area contributed by atoms with Crippen LogP contribution in [0.2, 0.25) is 0 Å². The highest BCUT2D eigenvalue weighted by Crippen LogP contribution is 2.34. The molecule has 1 aliphatic rings. The molecule has 6 N–H and O–H groups in total. The minimum atomic E-state index is -1.98. The van der Waals surface area contributed by atoms with E-state index in [1.54, 1.807) is 0 Å². The van der Waals surface area contributed by atoms with Crippen molar-refractivity contribution in [3.8, 4) is 0 Å². The number of rotatable bonds is 4. The molecule has 0 aliphatic heterocycles. The average Bonchev–Trinajstić information content (AvgIpc) is 2.32. The fourth-order valence-electron chi connectivity index (χ4n) is 2.30. The SMILES string of the molecule is CCCCC[C@]1(O)[C@H](O)[C@H](O)[C@@H](O)[C@H](O)[C@H]1O. The summed E-state index contributed by atoms with van der Waals surface area (Å²) in [5.41, 5.74) is -1.98. The first kappa shape index (κ1) is 14.8. The van der Waals surface area contributed by atoms with Crippen LogP contribution < -0.4 is 0 Å². The lowest BCUT2D eigenvalue weighted by Crippen LogP contribution is -2.70. The largest absolute Gasteiger partial charge is 0.387 e. The van der Waals surface area contributed by atoms with Crippen LogP contribution in [-0.2, 0) is 0 Å². The van der Waals surface area contributed by atoms with Gasteiger partial charge in [0.2, 0.25) is 0 Å². The van der Waals surface area contributed by atoms with E-state index < -0.39 is 36.1 Å². The number of hydrogen-bond acceptors (Lipinski definition) is 6. The third kappa shape index (κ3) is 2.62. The van der Waals surface area contributed by atoms with E-state index in [0.29, 0.717) is 6.42 Å². The molecule has 6 heteroatoms. The molecular formula is C11H22O6. The van der Waals surface area contributed by atoms with Crippen LogP contribution in [0.15, 0.2) is 0 Å². The summed E-state index contributed by atoms with van der Waals surface area (Å²) in [4.78, 5) is 0. The molecule has 1 saturated carbocycles. The molecule has 0 saturated heterocycles. The van der Waals surface area contributed by atoms with Gasteiger partial charge in [0.25, 0.3) is 0 Å². The molecule has 0 unspecified atom stereocenters. The standard InChI is InChI=1S/C11H22O6/c1-2-3-4-5-11(17)9(15)7(13)6(12)8(14)10(11)16/h6-10,12-17H,2-5H2,1H3/t6-,7-,8+,9-,10-,11+/m1/s1. The summed E-state index contributed by atoms with van der Waals surface area (Å²) < 4.78 is 0. The van der Waals surface area contributed by atoms with Crippen molar-refractivity contribution < 1.29 is 30.6 Å². The van der Waals surface area contributed by atoms with Crippen molar-refractivity contribution in [3.63, 3.8) is 0 Å². The van der Waals surface area contributed by atoms with Crippen molar-refractivity contribution in [1.29, 1.82) is 0 Å². The van der Waals surface area contributed by atoms with Crippen molar-refractivity contribution in [2.45, 2.75) is 68.7 Å². The normalized spacial score (nSPS) is 47.1. The maximum Gasteiger partial charge on any atom is 0.121 e. The van der Waals surface area contributed by atoms with Crippen molar-refractivity contribution in [3.05, 3.63) is 0 Å². The Morgan fingerprint density at radius 1 is 0.824 bits per heavy atom. The number of aliphatic hydroxyl groups is 6. The fraction of sp³-hybridized carbons (Fsp3) is 1.00. The lowest BCUT2D eigenvalue weighted by atomic mass is 9.72.